The Bertz CT molecular complexity index is 934. The Labute approximate surface area is 161 Å². The molecule has 1 aromatic carbocycles. The van der Waals surface area contributed by atoms with Crippen molar-refractivity contribution in [3.63, 3.8) is 0 Å². The fourth-order valence-corrected chi connectivity index (χ4v) is 2.49. The van der Waals surface area contributed by atoms with Gasteiger partial charge in [-0.25, -0.2) is 4.39 Å². The first kappa shape index (κ1) is 18.0. The monoisotopic (exact) mass is 469 g/mol. The van der Waals surface area contributed by atoms with Crippen LogP contribution in [0.4, 0.5) is 21.8 Å². The number of ether oxygens (including phenoxy) is 1. The maximum Gasteiger partial charge on any atom is 0.325 e. The lowest BCUT2D eigenvalue weighted by Gasteiger charge is -2.10. The molecule has 0 amide bonds. The van der Waals surface area contributed by atoms with Crippen LogP contribution in [0, 0.1) is 9.39 Å². The van der Waals surface area contributed by atoms with Gasteiger partial charge in [-0.15, -0.1) is 5.10 Å². The molecule has 10 heteroatoms. The van der Waals surface area contributed by atoms with Crippen molar-refractivity contribution in [1.82, 2.24) is 15.2 Å². The molecule has 0 aliphatic rings. The van der Waals surface area contributed by atoms with E-state index in [1.807, 2.05) is 22.6 Å². The fourth-order valence-electron chi connectivity index (χ4n) is 2.04. The molecule has 0 saturated heterocycles. The summed E-state index contributed by atoms with van der Waals surface area (Å²) in [7, 11) is 1.28. The van der Waals surface area contributed by atoms with Gasteiger partial charge in [0.2, 0.25) is 0 Å². The first-order chi connectivity index (χ1) is 12.6. The minimum Gasteiger partial charge on any atom is -0.468 e. The number of benzene rings is 1. The molecule has 26 heavy (non-hydrogen) atoms. The number of nitrogens with one attached hydrogen (secondary N) is 2. The number of pyridine rings is 1. The normalized spacial score (nSPS) is 10.4. The molecule has 2 aromatic heterocycles. The van der Waals surface area contributed by atoms with E-state index in [0.717, 1.165) is 3.57 Å². The summed E-state index contributed by atoms with van der Waals surface area (Å²) in [4.78, 5) is 15.2. The second-order valence-electron chi connectivity index (χ2n) is 5.01. The molecule has 0 radical (unpaired) electrons. The maximum atomic E-state index is 14.1. The standard InChI is InChI=1S/C16H13FIN5O3/c1-25-14(24)8-20-16-23-22-15(26-16)10-4-5-19-7-13(10)21-12-3-2-9(18)6-11(12)17/h2-7,21H,8H2,1H3,(H,20,23). The first-order valence-electron chi connectivity index (χ1n) is 7.37. The predicted molar refractivity (Wildman–Crippen MR) is 100 cm³/mol. The van der Waals surface area contributed by atoms with Crippen molar-refractivity contribution in [2.24, 2.45) is 0 Å². The van der Waals surface area contributed by atoms with Crippen molar-refractivity contribution in [2.45, 2.75) is 0 Å². The van der Waals surface area contributed by atoms with Crippen molar-refractivity contribution in [3.05, 3.63) is 46.0 Å². The molecular weight excluding hydrogens is 456 g/mol. The summed E-state index contributed by atoms with van der Waals surface area (Å²) in [5.41, 5.74) is 1.33. The van der Waals surface area contributed by atoms with Gasteiger partial charge in [0.05, 0.1) is 30.2 Å². The van der Waals surface area contributed by atoms with Crippen molar-refractivity contribution < 1.29 is 18.3 Å². The van der Waals surface area contributed by atoms with E-state index in [0.29, 0.717) is 16.9 Å². The third-order valence-electron chi connectivity index (χ3n) is 3.29. The van der Waals surface area contributed by atoms with Crippen molar-refractivity contribution >= 4 is 45.9 Å². The lowest BCUT2D eigenvalue weighted by molar-refractivity contribution is -0.138. The summed E-state index contributed by atoms with van der Waals surface area (Å²) >= 11 is 2.03. The van der Waals surface area contributed by atoms with Crippen LogP contribution in [0.25, 0.3) is 11.5 Å². The second kappa shape index (κ2) is 8.08. The molecule has 0 saturated carbocycles. The average molecular weight is 469 g/mol. The van der Waals surface area contributed by atoms with Crippen LogP contribution in [0.5, 0.6) is 0 Å². The van der Waals surface area contributed by atoms with Gasteiger partial charge in [0.15, 0.2) is 0 Å². The molecule has 134 valence electrons. The molecule has 2 heterocycles. The highest BCUT2D eigenvalue weighted by molar-refractivity contribution is 14.1. The van der Waals surface area contributed by atoms with Gasteiger partial charge >= 0.3 is 12.0 Å². The quantitative estimate of drug-likeness (QED) is 0.420. The van der Waals surface area contributed by atoms with Gasteiger partial charge in [0, 0.05) is 9.77 Å². The third kappa shape index (κ3) is 4.25. The van der Waals surface area contributed by atoms with Crippen LogP contribution < -0.4 is 10.6 Å². The zero-order valence-corrected chi connectivity index (χ0v) is 15.7. The number of anilines is 3. The number of esters is 1. The highest BCUT2D eigenvalue weighted by Crippen LogP contribution is 2.30. The Hall–Kier alpha value is -2.76. The summed E-state index contributed by atoms with van der Waals surface area (Å²) in [6.45, 7) is -0.104. The minimum absolute atomic E-state index is 0.0635. The molecule has 0 unspecified atom stereocenters. The molecule has 0 spiro atoms. The maximum absolute atomic E-state index is 14.1. The molecule has 0 aliphatic heterocycles. The summed E-state index contributed by atoms with van der Waals surface area (Å²) in [5, 5.41) is 13.4. The Morgan fingerprint density at radius 3 is 2.92 bits per heavy atom. The summed E-state index contributed by atoms with van der Waals surface area (Å²) in [6, 6.07) is 6.55. The SMILES string of the molecule is COC(=O)CNc1nnc(-c2ccncc2Nc2ccc(I)cc2F)o1. The molecule has 8 nitrogen and oxygen atoms in total. The molecule has 0 bridgehead atoms. The van der Waals surface area contributed by atoms with E-state index < -0.39 is 11.8 Å². The van der Waals surface area contributed by atoms with E-state index in [4.69, 9.17) is 4.42 Å². The highest BCUT2D eigenvalue weighted by Gasteiger charge is 2.15. The minimum atomic E-state index is -0.467. The number of halogens is 2. The summed E-state index contributed by atoms with van der Waals surface area (Å²) < 4.78 is 24.9. The Morgan fingerprint density at radius 1 is 1.31 bits per heavy atom. The van der Waals surface area contributed by atoms with E-state index in [1.54, 1.807) is 24.4 Å². The van der Waals surface area contributed by atoms with Crippen LogP contribution in [0.15, 0.2) is 41.1 Å². The molecule has 3 rings (SSSR count). The molecule has 2 N–H and O–H groups in total. The van der Waals surface area contributed by atoms with Crippen LogP contribution >= 0.6 is 22.6 Å². The molecular formula is C16H13FIN5O3. The molecule has 0 aliphatic carbocycles. The lowest BCUT2D eigenvalue weighted by atomic mass is 10.2. The molecule has 0 fully saturated rings. The van der Waals surface area contributed by atoms with Crippen LogP contribution in [0.3, 0.4) is 0 Å². The number of nitrogens with zero attached hydrogens (tertiary/aromatic N) is 3. The van der Waals surface area contributed by atoms with Crippen LogP contribution in [-0.4, -0.2) is 34.8 Å². The van der Waals surface area contributed by atoms with Gasteiger partial charge in [-0.2, -0.15) is 0 Å². The number of hydrogen-bond acceptors (Lipinski definition) is 8. The first-order valence-corrected chi connectivity index (χ1v) is 8.45. The summed E-state index contributed by atoms with van der Waals surface area (Å²) in [5.74, 6) is -0.670. The van der Waals surface area contributed by atoms with E-state index in [9.17, 15) is 9.18 Å². The lowest BCUT2D eigenvalue weighted by Crippen LogP contribution is -2.15. The van der Waals surface area contributed by atoms with Crippen molar-refractivity contribution in [1.29, 1.82) is 0 Å². The number of rotatable bonds is 6. The van der Waals surface area contributed by atoms with Crippen LogP contribution in [-0.2, 0) is 9.53 Å². The van der Waals surface area contributed by atoms with Crippen LogP contribution in [0.1, 0.15) is 0 Å². The van der Waals surface area contributed by atoms with Gasteiger partial charge in [0.1, 0.15) is 12.4 Å². The highest BCUT2D eigenvalue weighted by atomic mass is 127. The molecule has 0 atom stereocenters. The van der Waals surface area contributed by atoms with Gasteiger partial charge in [-0.05, 0) is 46.9 Å². The van der Waals surface area contributed by atoms with E-state index in [-0.39, 0.29) is 18.5 Å². The Morgan fingerprint density at radius 2 is 2.15 bits per heavy atom. The molecule has 3 aromatic rings. The Balaban J connectivity index is 1.83. The average Bonchev–Trinajstić information content (AvgIpc) is 3.11. The second-order valence-corrected chi connectivity index (χ2v) is 6.26. The topological polar surface area (TPSA) is 102 Å². The zero-order valence-electron chi connectivity index (χ0n) is 13.5. The zero-order chi connectivity index (χ0) is 18.5. The number of hydrogen-bond donors (Lipinski definition) is 2. The number of aromatic nitrogens is 3. The summed E-state index contributed by atoms with van der Waals surface area (Å²) in [6.07, 6.45) is 3.08. The van der Waals surface area contributed by atoms with E-state index in [2.05, 4.69) is 30.6 Å². The van der Waals surface area contributed by atoms with Crippen LogP contribution in [0.2, 0.25) is 0 Å². The largest absolute Gasteiger partial charge is 0.468 e. The third-order valence-corrected chi connectivity index (χ3v) is 3.96. The van der Waals surface area contributed by atoms with E-state index >= 15 is 0 Å². The number of carbonyl (C=O) groups excluding carboxylic acids is 1. The van der Waals surface area contributed by atoms with Gasteiger partial charge in [-0.1, -0.05) is 5.10 Å². The van der Waals surface area contributed by atoms with Gasteiger partial charge in [-0.3, -0.25) is 9.78 Å². The van der Waals surface area contributed by atoms with Gasteiger partial charge < -0.3 is 19.8 Å². The van der Waals surface area contributed by atoms with Crippen molar-refractivity contribution in [3.8, 4) is 11.5 Å². The van der Waals surface area contributed by atoms with Gasteiger partial charge in [0.25, 0.3) is 5.89 Å². The Kier molecular flexibility index (Phi) is 5.61. The number of methoxy groups -OCH3 is 1. The predicted octanol–water partition coefficient (Wildman–Crippen LogP) is 3.20. The fraction of sp³-hybridized carbons (Fsp3) is 0.125. The van der Waals surface area contributed by atoms with E-state index in [1.165, 1.54) is 19.4 Å². The number of carbonyl (C=O) groups is 1. The van der Waals surface area contributed by atoms with Crippen molar-refractivity contribution in [2.75, 3.05) is 24.3 Å². The smallest absolute Gasteiger partial charge is 0.325 e.